The molecule has 1 heterocycles. The molecule has 74 valence electrons. The predicted octanol–water partition coefficient (Wildman–Crippen LogP) is 2.35. The molecule has 0 amide bonds. The standard InChI is InChI=1S/C11H20N2/c1-11(2)7-3-5-9(11)13-10-6-4-8-12-10/h9H,3-8H2,1-2H3,(H,12,13). The van der Waals surface area contributed by atoms with Gasteiger partial charge >= 0.3 is 0 Å². The molecule has 0 saturated heterocycles. The molecule has 13 heavy (non-hydrogen) atoms. The van der Waals surface area contributed by atoms with Gasteiger partial charge in [-0.05, 0) is 24.7 Å². The molecule has 2 rings (SSSR count). The molecule has 1 aliphatic carbocycles. The van der Waals surface area contributed by atoms with Crippen LogP contribution >= 0.6 is 0 Å². The van der Waals surface area contributed by atoms with Crippen molar-refractivity contribution < 1.29 is 0 Å². The molecular weight excluding hydrogens is 160 g/mol. The zero-order valence-corrected chi connectivity index (χ0v) is 8.77. The molecule has 0 radical (unpaired) electrons. The summed E-state index contributed by atoms with van der Waals surface area (Å²) >= 11 is 0. The maximum atomic E-state index is 4.47. The van der Waals surface area contributed by atoms with Crippen molar-refractivity contribution >= 4 is 5.84 Å². The Morgan fingerprint density at radius 1 is 1.38 bits per heavy atom. The van der Waals surface area contributed by atoms with Gasteiger partial charge < -0.3 is 5.32 Å². The monoisotopic (exact) mass is 180 g/mol. The van der Waals surface area contributed by atoms with E-state index in [0.29, 0.717) is 11.5 Å². The van der Waals surface area contributed by atoms with Gasteiger partial charge in [-0.2, -0.15) is 0 Å². The number of aliphatic imine (C=N–C) groups is 1. The van der Waals surface area contributed by atoms with Crippen LogP contribution in [0.2, 0.25) is 0 Å². The summed E-state index contributed by atoms with van der Waals surface area (Å²) in [5.74, 6) is 1.26. The lowest BCUT2D eigenvalue weighted by Gasteiger charge is -2.28. The van der Waals surface area contributed by atoms with E-state index >= 15 is 0 Å². The van der Waals surface area contributed by atoms with Gasteiger partial charge in [0.25, 0.3) is 0 Å². The van der Waals surface area contributed by atoms with E-state index in [1.54, 1.807) is 0 Å². The van der Waals surface area contributed by atoms with Crippen LogP contribution in [0.1, 0.15) is 46.0 Å². The SMILES string of the molecule is CC1(C)CCCC1NC1=NCCC1. The lowest BCUT2D eigenvalue weighted by atomic mass is 9.87. The molecule has 1 unspecified atom stereocenters. The van der Waals surface area contributed by atoms with Crippen LogP contribution in [0.4, 0.5) is 0 Å². The van der Waals surface area contributed by atoms with Crippen molar-refractivity contribution in [2.75, 3.05) is 6.54 Å². The Hall–Kier alpha value is -0.530. The third kappa shape index (κ3) is 1.87. The molecule has 0 aromatic heterocycles. The van der Waals surface area contributed by atoms with E-state index in [4.69, 9.17) is 0 Å². The van der Waals surface area contributed by atoms with Gasteiger partial charge in [0.1, 0.15) is 0 Å². The minimum atomic E-state index is 0.477. The lowest BCUT2D eigenvalue weighted by Crippen LogP contribution is -2.40. The van der Waals surface area contributed by atoms with E-state index in [-0.39, 0.29) is 0 Å². The van der Waals surface area contributed by atoms with Gasteiger partial charge in [0.15, 0.2) is 0 Å². The minimum Gasteiger partial charge on any atom is -0.371 e. The van der Waals surface area contributed by atoms with Crippen LogP contribution in [0.25, 0.3) is 0 Å². The van der Waals surface area contributed by atoms with Crippen LogP contribution in [0.3, 0.4) is 0 Å². The number of rotatable bonds is 1. The van der Waals surface area contributed by atoms with Gasteiger partial charge in [-0.3, -0.25) is 4.99 Å². The van der Waals surface area contributed by atoms with Crippen LogP contribution in [0.5, 0.6) is 0 Å². The Kier molecular flexibility index (Phi) is 2.31. The van der Waals surface area contributed by atoms with Crippen molar-refractivity contribution in [3.63, 3.8) is 0 Å². The highest BCUT2D eigenvalue weighted by atomic mass is 15.0. The summed E-state index contributed by atoms with van der Waals surface area (Å²) in [5.41, 5.74) is 0.477. The molecule has 0 aromatic carbocycles. The number of hydrogen-bond acceptors (Lipinski definition) is 2. The van der Waals surface area contributed by atoms with Crippen molar-refractivity contribution in [1.29, 1.82) is 0 Å². The summed E-state index contributed by atoms with van der Waals surface area (Å²) in [6.07, 6.45) is 6.48. The van der Waals surface area contributed by atoms with Crippen LogP contribution in [-0.4, -0.2) is 18.4 Å². The van der Waals surface area contributed by atoms with E-state index in [1.807, 2.05) is 0 Å². The Morgan fingerprint density at radius 2 is 2.23 bits per heavy atom. The van der Waals surface area contributed by atoms with Gasteiger partial charge in [-0.1, -0.05) is 20.3 Å². The normalized spacial score (nSPS) is 31.8. The Bertz CT molecular complexity index is 218. The number of hydrogen-bond donors (Lipinski definition) is 1. The first-order valence-electron chi connectivity index (χ1n) is 5.48. The first-order chi connectivity index (χ1) is 6.18. The number of amidine groups is 1. The molecule has 1 saturated carbocycles. The van der Waals surface area contributed by atoms with Gasteiger partial charge in [-0.15, -0.1) is 0 Å². The number of nitrogens with zero attached hydrogens (tertiary/aromatic N) is 1. The smallest absolute Gasteiger partial charge is 0.0966 e. The van der Waals surface area contributed by atoms with E-state index in [2.05, 4.69) is 24.2 Å². The summed E-state index contributed by atoms with van der Waals surface area (Å²) in [6, 6.07) is 0.671. The molecule has 0 bridgehead atoms. The van der Waals surface area contributed by atoms with Gasteiger partial charge in [-0.25, -0.2) is 0 Å². The van der Waals surface area contributed by atoms with Crippen molar-refractivity contribution in [2.45, 2.75) is 52.0 Å². The first-order valence-corrected chi connectivity index (χ1v) is 5.48. The number of nitrogens with one attached hydrogen (secondary N) is 1. The fourth-order valence-corrected chi connectivity index (χ4v) is 2.45. The highest BCUT2D eigenvalue weighted by molar-refractivity contribution is 5.83. The highest BCUT2D eigenvalue weighted by Gasteiger charge is 2.34. The van der Waals surface area contributed by atoms with E-state index < -0.39 is 0 Å². The van der Waals surface area contributed by atoms with E-state index in [9.17, 15) is 0 Å². The molecule has 0 spiro atoms. The van der Waals surface area contributed by atoms with E-state index in [0.717, 1.165) is 6.54 Å². The molecule has 2 aliphatic rings. The summed E-state index contributed by atoms with van der Waals surface area (Å²) < 4.78 is 0. The first kappa shape index (κ1) is 9.04. The van der Waals surface area contributed by atoms with Crippen LogP contribution < -0.4 is 5.32 Å². The Labute approximate surface area is 80.8 Å². The van der Waals surface area contributed by atoms with Crippen molar-refractivity contribution in [3.8, 4) is 0 Å². The maximum Gasteiger partial charge on any atom is 0.0966 e. The summed E-state index contributed by atoms with van der Waals surface area (Å²) in [5, 5.41) is 3.62. The largest absolute Gasteiger partial charge is 0.371 e. The quantitative estimate of drug-likeness (QED) is 0.658. The second-order valence-electron chi connectivity index (χ2n) is 5.01. The fourth-order valence-electron chi connectivity index (χ4n) is 2.45. The van der Waals surface area contributed by atoms with Crippen LogP contribution in [-0.2, 0) is 0 Å². The van der Waals surface area contributed by atoms with Crippen LogP contribution in [0, 0.1) is 5.41 Å². The summed E-state index contributed by atoms with van der Waals surface area (Å²) in [6.45, 7) is 5.77. The highest BCUT2D eigenvalue weighted by Crippen LogP contribution is 2.37. The Balaban J connectivity index is 1.94. The minimum absolute atomic E-state index is 0.477. The molecule has 0 aromatic rings. The second kappa shape index (κ2) is 3.32. The third-order valence-corrected chi connectivity index (χ3v) is 3.47. The summed E-state index contributed by atoms with van der Waals surface area (Å²) in [4.78, 5) is 4.47. The fraction of sp³-hybridized carbons (Fsp3) is 0.909. The van der Waals surface area contributed by atoms with Crippen LogP contribution in [0.15, 0.2) is 4.99 Å². The maximum absolute atomic E-state index is 4.47. The molecule has 1 fully saturated rings. The predicted molar refractivity (Wildman–Crippen MR) is 56.1 cm³/mol. The average molecular weight is 180 g/mol. The molecule has 1 N–H and O–H groups in total. The van der Waals surface area contributed by atoms with Crippen molar-refractivity contribution in [3.05, 3.63) is 0 Å². The summed E-state index contributed by atoms with van der Waals surface area (Å²) in [7, 11) is 0. The lowest BCUT2D eigenvalue weighted by molar-refractivity contribution is 0.310. The topological polar surface area (TPSA) is 24.4 Å². The molecule has 2 nitrogen and oxygen atoms in total. The zero-order chi connectivity index (χ0) is 9.31. The molecule has 2 heteroatoms. The molecule has 1 atom stereocenters. The van der Waals surface area contributed by atoms with Crippen molar-refractivity contribution in [1.82, 2.24) is 5.32 Å². The second-order valence-corrected chi connectivity index (χ2v) is 5.01. The zero-order valence-electron chi connectivity index (χ0n) is 8.77. The van der Waals surface area contributed by atoms with Gasteiger partial charge in [0.05, 0.1) is 5.84 Å². The average Bonchev–Trinajstić information content (AvgIpc) is 2.63. The van der Waals surface area contributed by atoms with Crippen molar-refractivity contribution in [2.24, 2.45) is 10.4 Å². The van der Waals surface area contributed by atoms with Gasteiger partial charge in [0, 0.05) is 19.0 Å². The molecule has 1 aliphatic heterocycles. The molecular formula is C11H20N2. The third-order valence-electron chi connectivity index (χ3n) is 3.47. The van der Waals surface area contributed by atoms with E-state index in [1.165, 1.54) is 37.9 Å². The Morgan fingerprint density at radius 3 is 2.77 bits per heavy atom. The van der Waals surface area contributed by atoms with Gasteiger partial charge in [0.2, 0.25) is 0 Å².